The number of amides is 1. The van der Waals surface area contributed by atoms with Crippen molar-refractivity contribution in [1.82, 2.24) is 14.5 Å². The SMILES string of the molecule is Cc1ccc2c(NC(=O)c3c(C)ccn(Cc4cccnc4)c3=O)cccc2n1. The van der Waals surface area contributed by atoms with Crippen molar-refractivity contribution in [2.24, 2.45) is 0 Å². The topological polar surface area (TPSA) is 76.9 Å². The molecule has 1 amide bonds. The van der Waals surface area contributed by atoms with E-state index in [0.717, 1.165) is 22.2 Å². The van der Waals surface area contributed by atoms with Crippen LogP contribution in [-0.4, -0.2) is 20.4 Å². The van der Waals surface area contributed by atoms with Gasteiger partial charge in [-0.3, -0.25) is 19.6 Å². The zero-order valence-electron chi connectivity index (χ0n) is 16.2. The third-order valence-corrected chi connectivity index (χ3v) is 4.80. The van der Waals surface area contributed by atoms with Gasteiger partial charge in [0.15, 0.2) is 0 Å². The summed E-state index contributed by atoms with van der Waals surface area (Å²) >= 11 is 0. The monoisotopic (exact) mass is 384 g/mol. The van der Waals surface area contributed by atoms with Crippen LogP contribution in [0.3, 0.4) is 0 Å². The Labute approximate surface area is 167 Å². The summed E-state index contributed by atoms with van der Waals surface area (Å²) in [5, 5.41) is 3.72. The quantitative estimate of drug-likeness (QED) is 0.582. The highest BCUT2D eigenvalue weighted by Crippen LogP contribution is 2.23. The Morgan fingerprint density at radius 3 is 2.72 bits per heavy atom. The van der Waals surface area contributed by atoms with Crippen LogP contribution in [0.1, 0.15) is 27.2 Å². The third-order valence-electron chi connectivity index (χ3n) is 4.80. The van der Waals surface area contributed by atoms with Gasteiger partial charge >= 0.3 is 0 Å². The second kappa shape index (κ2) is 7.67. The van der Waals surface area contributed by atoms with E-state index >= 15 is 0 Å². The largest absolute Gasteiger partial charge is 0.321 e. The molecule has 0 bridgehead atoms. The summed E-state index contributed by atoms with van der Waals surface area (Å²) in [5.41, 5.74) is 3.64. The van der Waals surface area contributed by atoms with Crippen molar-refractivity contribution in [2.75, 3.05) is 5.32 Å². The number of hydrogen-bond acceptors (Lipinski definition) is 4. The molecular formula is C23H20N4O2. The summed E-state index contributed by atoms with van der Waals surface area (Å²) in [6.07, 6.45) is 5.09. The Morgan fingerprint density at radius 2 is 1.93 bits per heavy atom. The molecule has 4 aromatic rings. The van der Waals surface area contributed by atoms with Gasteiger partial charge in [0.2, 0.25) is 0 Å². The highest BCUT2D eigenvalue weighted by atomic mass is 16.2. The molecule has 0 aliphatic carbocycles. The first kappa shape index (κ1) is 18.6. The van der Waals surface area contributed by atoms with E-state index in [4.69, 9.17) is 0 Å². The Balaban J connectivity index is 1.69. The lowest BCUT2D eigenvalue weighted by atomic mass is 10.1. The third kappa shape index (κ3) is 3.78. The molecule has 0 aliphatic rings. The Kier molecular flexibility index (Phi) is 4.91. The van der Waals surface area contributed by atoms with Gasteiger partial charge in [-0.2, -0.15) is 0 Å². The van der Waals surface area contributed by atoms with E-state index < -0.39 is 5.91 Å². The zero-order valence-corrected chi connectivity index (χ0v) is 16.2. The smallest absolute Gasteiger partial charge is 0.263 e. The van der Waals surface area contributed by atoms with Crippen molar-refractivity contribution in [1.29, 1.82) is 0 Å². The average Bonchev–Trinajstić information content (AvgIpc) is 2.71. The van der Waals surface area contributed by atoms with Gasteiger partial charge < -0.3 is 9.88 Å². The van der Waals surface area contributed by atoms with E-state index in [0.29, 0.717) is 17.8 Å². The minimum atomic E-state index is -0.430. The molecule has 0 saturated heterocycles. The number of aryl methyl sites for hydroxylation is 2. The predicted octanol–water partition coefficient (Wildman–Crippen LogP) is 3.71. The lowest BCUT2D eigenvalue weighted by Gasteiger charge is -2.12. The van der Waals surface area contributed by atoms with Gasteiger partial charge in [0.1, 0.15) is 5.56 Å². The van der Waals surface area contributed by atoms with Crippen molar-refractivity contribution in [3.63, 3.8) is 0 Å². The van der Waals surface area contributed by atoms with Crippen LogP contribution in [0.5, 0.6) is 0 Å². The first-order valence-corrected chi connectivity index (χ1v) is 9.29. The van der Waals surface area contributed by atoms with Crippen LogP contribution in [-0.2, 0) is 6.54 Å². The van der Waals surface area contributed by atoms with Gasteiger partial charge in [-0.25, -0.2) is 0 Å². The number of rotatable bonds is 4. The van der Waals surface area contributed by atoms with Crippen molar-refractivity contribution in [2.45, 2.75) is 20.4 Å². The molecule has 3 heterocycles. The number of benzene rings is 1. The summed E-state index contributed by atoms with van der Waals surface area (Å²) in [4.78, 5) is 34.6. The van der Waals surface area contributed by atoms with Gasteiger partial charge in [0.25, 0.3) is 11.5 Å². The highest BCUT2D eigenvalue weighted by Gasteiger charge is 2.17. The van der Waals surface area contributed by atoms with Gasteiger partial charge in [-0.15, -0.1) is 0 Å². The standard InChI is InChI=1S/C23H20N4O2/c1-15-10-12-27(14-17-5-4-11-24-13-17)23(29)21(15)22(28)26-20-7-3-6-19-18(20)9-8-16(2)25-19/h3-13H,14H2,1-2H3,(H,26,28). The Morgan fingerprint density at radius 1 is 1.07 bits per heavy atom. The van der Waals surface area contributed by atoms with Gasteiger partial charge in [0.05, 0.1) is 17.7 Å². The van der Waals surface area contributed by atoms with E-state index in [9.17, 15) is 9.59 Å². The summed E-state index contributed by atoms with van der Waals surface area (Å²) in [7, 11) is 0. The van der Waals surface area contributed by atoms with Gasteiger partial charge in [-0.05, 0) is 61.4 Å². The second-order valence-electron chi connectivity index (χ2n) is 6.95. The number of hydrogen-bond donors (Lipinski definition) is 1. The van der Waals surface area contributed by atoms with Crippen LogP contribution in [0, 0.1) is 13.8 Å². The number of carbonyl (C=O) groups excluding carboxylic acids is 1. The van der Waals surface area contributed by atoms with E-state index in [2.05, 4.69) is 15.3 Å². The molecule has 6 heteroatoms. The molecule has 1 N–H and O–H groups in total. The molecule has 0 unspecified atom stereocenters. The number of fused-ring (bicyclic) bond motifs is 1. The molecule has 0 aliphatic heterocycles. The molecule has 6 nitrogen and oxygen atoms in total. The summed E-state index contributed by atoms with van der Waals surface area (Å²) in [6.45, 7) is 4.03. The molecule has 0 atom stereocenters. The number of carbonyl (C=O) groups is 1. The maximum atomic E-state index is 13.0. The summed E-state index contributed by atoms with van der Waals surface area (Å²) in [6, 6.07) is 14.8. The summed E-state index contributed by atoms with van der Waals surface area (Å²) in [5.74, 6) is -0.430. The maximum Gasteiger partial charge on any atom is 0.263 e. The van der Waals surface area contributed by atoms with Crippen LogP contribution >= 0.6 is 0 Å². The van der Waals surface area contributed by atoms with E-state index in [-0.39, 0.29) is 11.1 Å². The Hall–Kier alpha value is -3.80. The number of pyridine rings is 3. The second-order valence-corrected chi connectivity index (χ2v) is 6.95. The molecule has 0 spiro atoms. The Bertz CT molecular complexity index is 1260. The number of aromatic nitrogens is 3. The van der Waals surface area contributed by atoms with Crippen molar-refractivity contribution in [3.05, 3.63) is 99.9 Å². The van der Waals surface area contributed by atoms with Crippen LogP contribution in [0.4, 0.5) is 5.69 Å². The van der Waals surface area contributed by atoms with Crippen molar-refractivity contribution < 1.29 is 4.79 Å². The molecule has 0 fully saturated rings. The molecule has 144 valence electrons. The average molecular weight is 384 g/mol. The molecule has 3 aromatic heterocycles. The van der Waals surface area contributed by atoms with E-state index in [1.165, 1.54) is 4.57 Å². The lowest BCUT2D eigenvalue weighted by Crippen LogP contribution is -2.30. The fourth-order valence-corrected chi connectivity index (χ4v) is 3.30. The maximum absolute atomic E-state index is 13.0. The first-order chi connectivity index (χ1) is 14.0. The normalized spacial score (nSPS) is 10.8. The summed E-state index contributed by atoms with van der Waals surface area (Å²) < 4.78 is 1.52. The number of nitrogens with one attached hydrogen (secondary N) is 1. The lowest BCUT2D eigenvalue weighted by molar-refractivity contribution is 0.102. The molecule has 29 heavy (non-hydrogen) atoms. The molecule has 4 rings (SSSR count). The van der Waals surface area contributed by atoms with Crippen LogP contribution in [0.15, 0.2) is 71.9 Å². The minimum absolute atomic E-state index is 0.133. The van der Waals surface area contributed by atoms with Gasteiger partial charge in [0, 0.05) is 29.7 Å². The fourth-order valence-electron chi connectivity index (χ4n) is 3.30. The van der Waals surface area contributed by atoms with E-state index in [1.807, 2.05) is 49.4 Å². The molecule has 0 radical (unpaired) electrons. The highest BCUT2D eigenvalue weighted by molar-refractivity contribution is 6.09. The number of anilines is 1. The van der Waals surface area contributed by atoms with E-state index in [1.54, 1.807) is 31.6 Å². The first-order valence-electron chi connectivity index (χ1n) is 9.29. The van der Waals surface area contributed by atoms with Gasteiger partial charge in [-0.1, -0.05) is 12.1 Å². The van der Waals surface area contributed by atoms with Crippen LogP contribution in [0.2, 0.25) is 0 Å². The van der Waals surface area contributed by atoms with Crippen LogP contribution < -0.4 is 10.9 Å². The minimum Gasteiger partial charge on any atom is -0.321 e. The zero-order chi connectivity index (χ0) is 20.4. The molecule has 0 saturated carbocycles. The molecule has 1 aromatic carbocycles. The van der Waals surface area contributed by atoms with Crippen LogP contribution in [0.25, 0.3) is 10.9 Å². The van der Waals surface area contributed by atoms with Crippen molar-refractivity contribution in [3.8, 4) is 0 Å². The fraction of sp³-hybridized carbons (Fsp3) is 0.130. The van der Waals surface area contributed by atoms with Crippen molar-refractivity contribution >= 4 is 22.5 Å². The number of nitrogens with zero attached hydrogens (tertiary/aromatic N) is 3. The predicted molar refractivity (Wildman–Crippen MR) is 113 cm³/mol. The molecular weight excluding hydrogens is 364 g/mol.